The number of rotatable bonds is 4. The maximum atomic E-state index is 13.8. The van der Waals surface area contributed by atoms with Gasteiger partial charge in [0, 0.05) is 56.6 Å². The molecule has 3 aliphatic heterocycles. The first kappa shape index (κ1) is 34.1. The van der Waals surface area contributed by atoms with Crippen LogP contribution in [0.2, 0.25) is 0 Å². The van der Waals surface area contributed by atoms with E-state index < -0.39 is 18.2 Å². The Morgan fingerprint density at radius 3 is 2.27 bits per heavy atom. The van der Waals surface area contributed by atoms with Crippen LogP contribution >= 0.6 is 0 Å². The van der Waals surface area contributed by atoms with Gasteiger partial charge in [0.05, 0.1) is 0 Å². The minimum Gasteiger partial charge on any atom is -0.475 e. The van der Waals surface area contributed by atoms with Gasteiger partial charge in [0.2, 0.25) is 5.91 Å². The molecule has 254 valence electrons. The van der Waals surface area contributed by atoms with Crippen LogP contribution in [0.3, 0.4) is 0 Å². The summed E-state index contributed by atoms with van der Waals surface area (Å²) in [6.07, 6.45) is -3.30. The first-order valence-corrected chi connectivity index (χ1v) is 15.5. The van der Waals surface area contributed by atoms with Crippen LogP contribution in [0.25, 0.3) is 0 Å². The first-order valence-electron chi connectivity index (χ1n) is 15.5. The van der Waals surface area contributed by atoms with Crippen molar-refractivity contribution in [3.05, 3.63) is 94.5 Å². The summed E-state index contributed by atoms with van der Waals surface area (Å²) in [5.41, 5.74) is 12.9. The van der Waals surface area contributed by atoms with Crippen LogP contribution in [0.4, 0.5) is 34.1 Å². The number of likely N-dealkylation sites (tertiary alicyclic amines) is 1. The number of amides is 5. The van der Waals surface area contributed by atoms with Gasteiger partial charge in [0.25, 0.3) is 0 Å². The molecule has 48 heavy (non-hydrogen) atoms. The van der Waals surface area contributed by atoms with Crippen LogP contribution < -0.4 is 16.4 Å². The minimum absolute atomic E-state index is 0.0496. The zero-order chi connectivity index (χ0) is 34.6. The Hall–Kier alpha value is -5.27. The lowest BCUT2D eigenvalue weighted by atomic mass is 9.98. The molecule has 6 rings (SSSR count). The SMILES string of the molecule is Cc1cc2c(cc1N)CN(Cc1ccccc1)C(=O)[C@H](NC(=O)N1CCC(N3Cc4ccccc4NC3=O)CC1)C2.O=C(O)C(F)(F)F. The number of piperidine rings is 1. The lowest BCUT2D eigenvalue weighted by molar-refractivity contribution is -0.192. The second-order valence-corrected chi connectivity index (χ2v) is 12.1. The molecule has 0 bridgehead atoms. The number of nitrogens with zero attached hydrogens (tertiary/aromatic N) is 3. The third kappa shape index (κ3) is 7.99. The van der Waals surface area contributed by atoms with Crippen molar-refractivity contribution in [3.8, 4) is 0 Å². The molecule has 0 aromatic heterocycles. The Balaban J connectivity index is 0.000000582. The second-order valence-electron chi connectivity index (χ2n) is 12.1. The van der Waals surface area contributed by atoms with Gasteiger partial charge in [-0.3, -0.25) is 4.79 Å². The molecular weight excluding hydrogens is 629 g/mol. The lowest BCUT2D eigenvalue weighted by Gasteiger charge is -2.40. The van der Waals surface area contributed by atoms with Gasteiger partial charge in [0.1, 0.15) is 6.04 Å². The van der Waals surface area contributed by atoms with E-state index in [-0.39, 0.29) is 24.0 Å². The van der Waals surface area contributed by atoms with Gasteiger partial charge in [-0.2, -0.15) is 13.2 Å². The number of hydrogen-bond donors (Lipinski definition) is 4. The van der Waals surface area contributed by atoms with Gasteiger partial charge in [-0.05, 0) is 59.7 Å². The van der Waals surface area contributed by atoms with E-state index in [1.807, 2.05) is 78.6 Å². The van der Waals surface area contributed by atoms with E-state index in [1.54, 1.807) is 9.80 Å². The van der Waals surface area contributed by atoms with Crippen LogP contribution in [0.15, 0.2) is 66.7 Å². The molecule has 11 nitrogen and oxygen atoms in total. The smallest absolute Gasteiger partial charge is 0.475 e. The second kappa shape index (κ2) is 14.2. The zero-order valence-corrected chi connectivity index (χ0v) is 26.3. The molecule has 5 amide bonds. The van der Waals surface area contributed by atoms with Crippen molar-refractivity contribution >= 4 is 35.3 Å². The monoisotopic (exact) mass is 666 g/mol. The fourth-order valence-electron chi connectivity index (χ4n) is 6.17. The third-order valence-electron chi connectivity index (χ3n) is 8.79. The summed E-state index contributed by atoms with van der Waals surface area (Å²) in [4.78, 5) is 54.4. The minimum atomic E-state index is -5.08. The number of fused-ring (bicyclic) bond motifs is 2. The average molecular weight is 667 g/mol. The number of carboxylic acids is 1. The van der Waals surface area contributed by atoms with E-state index in [1.165, 1.54) is 0 Å². The van der Waals surface area contributed by atoms with Crippen LogP contribution in [-0.4, -0.2) is 75.1 Å². The quantitative estimate of drug-likeness (QED) is 0.292. The highest BCUT2D eigenvalue weighted by Gasteiger charge is 2.38. The number of nitrogen functional groups attached to an aromatic ring is 1. The normalized spacial score (nSPS) is 18.1. The van der Waals surface area contributed by atoms with E-state index >= 15 is 0 Å². The molecule has 14 heteroatoms. The molecule has 0 spiro atoms. The van der Waals surface area contributed by atoms with Gasteiger partial charge in [-0.1, -0.05) is 54.6 Å². The van der Waals surface area contributed by atoms with Crippen LogP contribution in [0, 0.1) is 6.92 Å². The highest BCUT2D eigenvalue weighted by atomic mass is 19.4. The van der Waals surface area contributed by atoms with E-state index in [4.69, 9.17) is 15.6 Å². The molecule has 3 aromatic rings. The highest BCUT2D eigenvalue weighted by molar-refractivity contribution is 5.92. The molecule has 1 fully saturated rings. The molecule has 0 saturated carbocycles. The van der Waals surface area contributed by atoms with Crippen molar-refractivity contribution in [1.29, 1.82) is 0 Å². The summed E-state index contributed by atoms with van der Waals surface area (Å²) >= 11 is 0. The molecular formula is C34H37F3N6O5. The van der Waals surface area contributed by atoms with Crippen molar-refractivity contribution in [1.82, 2.24) is 20.0 Å². The van der Waals surface area contributed by atoms with Gasteiger partial charge < -0.3 is 36.2 Å². The number of aryl methyl sites for hydroxylation is 1. The van der Waals surface area contributed by atoms with E-state index in [0.717, 1.165) is 33.5 Å². The van der Waals surface area contributed by atoms with Crippen LogP contribution in [-0.2, 0) is 35.6 Å². The number of carbonyl (C=O) groups is 4. The summed E-state index contributed by atoms with van der Waals surface area (Å²) in [7, 11) is 0. The molecule has 3 aromatic carbocycles. The summed E-state index contributed by atoms with van der Waals surface area (Å²) in [5, 5.41) is 13.2. The van der Waals surface area contributed by atoms with Gasteiger partial charge in [-0.25, -0.2) is 14.4 Å². The Morgan fingerprint density at radius 1 is 0.958 bits per heavy atom. The van der Waals surface area contributed by atoms with E-state index in [0.29, 0.717) is 57.7 Å². The Morgan fingerprint density at radius 2 is 1.60 bits per heavy atom. The molecule has 5 N–H and O–H groups in total. The molecule has 1 saturated heterocycles. The molecule has 0 aliphatic carbocycles. The van der Waals surface area contributed by atoms with Crippen LogP contribution in [0.5, 0.6) is 0 Å². The fourth-order valence-corrected chi connectivity index (χ4v) is 6.17. The third-order valence-corrected chi connectivity index (χ3v) is 8.79. The maximum Gasteiger partial charge on any atom is 0.490 e. The zero-order valence-electron chi connectivity index (χ0n) is 26.3. The van der Waals surface area contributed by atoms with Crippen molar-refractivity contribution in [2.24, 2.45) is 0 Å². The largest absolute Gasteiger partial charge is 0.490 e. The summed E-state index contributed by atoms with van der Waals surface area (Å²) in [6.45, 7) is 4.45. The molecule has 3 aliphatic rings. The Labute approximate surface area is 275 Å². The molecule has 0 radical (unpaired) electrons. The lowest BCUT2D eigenvalue weighted by Crippen LogP contribution is -2.55. The predicted molar refractivity (Wildman–Crippen MR) is 172 cm³/mol. The summed E-state index contributed by atoms with van der Waals surface area (Å²) in [6, 6.07) is 20.7. The van der Waals surface area contributed by atoms with Gasteiger partial charge >= 0.3 is 24.2 Å². The molecule has 3 heterocycles. The topological polar surface area (TPSA) is 148 Å². The van der Waals surface area contributed by atoms with Crippen molar-refractivity contribution < 1.29 is 37.5 Å². The number of urea groups is 2. The number of hydrogen-bond acceptors (Lipinski definition) is 5. The number of nitrogens with one attached hydrogen (secondary N) is 2. The summed E-state index contributed by atoms with van der Waals surface area (Å²) in [5.74, 6) is -2.86. The maximum absolute atomic E-state index is 13.8. The number of nitrogens with two attached hydrogens (primary N) is 1. The van der Waals surface area contributed by atoms with Crippen molar-refractivity contribution in [2.75, 3.05) is 24.1 Å². The van der Waals surface area contributed by atoms with E-state index in [9.17, 15) is 27.6 Å². The fraction of sp³-hybridized carbons (Fsp3) is 0.353. The first-order chi connectivity index (χ1) is 22.8. The summed E-state index contributed by atoms with van der Waals surface area (Å²) < 4.78 is 31.7. The standard InChI is InChI=1S/C32H36N6O3.C2HF3O2/c1-21-15-24-17-29(30(39)37(19-25(24)16-27(21)33)18-22-7-3-2-4-8-22)35-31(40)36-13-11-26(12-14-36)38-20-23-9-5-6-10-28(23)34-32(38)41;3-2(4,5)1(6)7/h2-10,15-16,26,29H,11-14,17-20,33H2,1H3,(H,34,41)(H,35,40);(H,6,7)/t29-;/m1./s1. The van der Waals surface area contributed by atoms with E-state index in [2.05, 4.69) is 10.6 Å². The number of carbonyl (C=O) groups excluding carboxylic acids is 3. The number of halogens is 3. The number of carboxylic acid groups (broad SMARTS) is 1. The number of para-hydroxylation sites is 1. The molecule has 0 unspecified atom stereocenters. The Kier molecular flexibility index (Phi) is 10.1. The predicted octanol–water partition coefficient (Wildman–Crippen LogP) is 4.89. The average Bonchev–Trinajstić information content (AvgIpc) is 3.17. The Bertz CT molecular complexity index is 1680. The van der Waals surface area contributed by atoms with Crippen molar-refractivity contribution in [3.63, 3.8) is 0 Å². The van der Waals surface area contributed by atoms with Crippen molar-refractivity contribution in [2.45, 2.75) is 64.1 Å². The van der Waals surface area contributed by atoms with Gasteiger partial charge in [0.15, 0.2) is 0 Å². The highest BCUT2D eigenvalue weighted by Crippen LogP contribution is 2.29. The van der Waals surface area contributed by atoms with Crippen LogP contribution in [0.1, 0.15) is 40.7 Å². The van der Waals surface area contributed by atoms with Gasteiger partial charge in [-0.15, -0.1) is 0 Å². The number of benzene rings is 3. The number of alkyl halides is 3. The number of anilines is 2. The molecule has 1 atom stereocenters. The number of aliphatic carboxylic acids is 1.